The summed E-state index contributed by atoms with van der Waals surface area (Å²) in [5, 5.41) is 3.27. The fourth-order valence-electron chi connectivity index (χ4n) is 1.90. The maximum absolute atomic E-state index is 12.2. The number of hydrogen-bond donors (Lipinski definition) is 1. The lowest BCUT2D eigenvalue weighted by molar-refractivity contribution is -0.125. The second kappa shape index (κ2) is 5.69. The maximum atomic E-state index is 12.2. The number of anilines is 1. The van der Waals surface area contributed by atoms with Gasteiger partial charge in [-0.05, 0) is 35.0 Å². The molecule has 0 aromatic heterocycles. The van der Waals surface area contributed by atoms with Crippen molar-refractivity contribution in [3.05, 3.63) is 26.7 Å². The van der Waals surface area contributed by atoms with Crippen LogP contribution in [-0.2, 0) is 9.59 Å². The monoisotopic (exact) mass is 364 g/mol. The van der Waals surface area contributed by atoms with Crippen LogP contribution in [0.1, 0.15) is 13.3 Å². The molecule has 1 atom stereocenters. The Labute approximate surface area is 129 Å². The lowest BCUT2D eigenvalue weighted by Gasteiger charge is -2.24. The van der Waals surface area contributed by atoms with Gasteiger partial charge in [0.25, 0.3) is 0 Å². The van der Waals surface area contributed by atoms with Gasteiger partial charge in [-0.3, -0.25) is 9.59 Å². The van der Waals surface area contributed by atoms with E-state index in [4.69, 9.17) is 23.2 Å². The third kappa shape index (κ3) is 2.88. The molecule has 0 spiro atoms. The van der Waals surface area contributed by atoms with Crippen LogP contribution >= 0.6 is 39.1 Å². The molecule has 19 heavy (non-hydrogen) atoms. The Balaban J connectivity index is 2.42. The van der Waals surface area contributed by atoms with Crippen LogP contribution in [0, 0.1) is 0 Å². The summed E-state index contributed by atoms with van der Waals surface area (Å²) in [6.45, 7) is 1.93. The Hall–Kier alpha value is -0.780. The van der Waals surface area contributed by atoms with E-state index in [1.807, 2.05) is 0 Å². The van der Waals surface area contributed by atoms with Gasteiger partial charge in [0.15, 0.2) is 0 Å². The van der Waals surface area contributed by atoms with E-state index in [1.54, 1.807) is 19.1 Å². The first-order valence-electron chi connectivity index (χ1n) is 5.66. The van der Waals surface area contributed by atoms with Crippen molar-refractivity contribution in [3.8, 4) is 0 Å². The van der Waals surface area contributed by atoms with Crippen molar-refractivity contribution in [2.24, 2.45) is 0 Å². The molecule has 1 aromatic carbocycles. The molecule has 0 radical (unpaired) electrons. The van der Waals surface area contributed by atoms with Gasteiger partial charge in [-0.1, -0.05) is 23.2 Å². The van der Waals surface area contributed by atoms with Gasteiger partial charge in [0.2, 0.25) is 11.8 Å². The van der Waals surface area contributed by atoms with Crippen molar-refractivity contribution in [3.63, 3.8) is 0 Å². The highest BCUT2D eigenvalue weighted by atomic mass is 79.9. The number of amides is 2. The number of benzene rings is 1. The number of carbonyl (C=O) groups excluding carboxylic acids is 2. The third-order valence-corrected chi connectivity index (χ3v) is 4.64. The lowest BCUT2D eigenvalue weighted by Crippen LogP contribution is -2.42. The summed E-state index contributed by atoms with van der Waals surface area (Å²) < 4.78 is 0.660. The minimum Gasteiger partial charge on any atom is -0.345 e. The summed E-state index contributed by atoms with van der Waals surface area (Å²) in [6.07, 6.45) is 0.236. The first kappa shape index (κ1) is 14.6. The zero-order valence-corrected chi connectivity index (χ0v) is 13.1. The molecule has 102 valence electrons. The molecule has 1 aliphatic rings. The maximum Gasteiger partial charge on any atom is 0.249 e. The number of rotatable bonds is 1. The van der Waals surface area contributed by atoms with Crippen LogP contribution in [0.25, 0.3) is 0 Å². The molecule has 1 aromatic rings. The van der Waals surface area contributed by atoms with Crippen LogP contribution in [0.5, 0.6) is 0 Å². The molecule has 4 nitrogen and oxygen atoms in total. The van der Waals surface area contributed by atoms with Crippen LogP contribution in [0.2, 0.25) is 10.0 Å². The van der Waals surface area contributed by atoms with Crippen molar-refractivity contribution < 1.29 is 9.59 Å². The zero-order valence-electron chi connectivity index (χ0n) is 10.0. The minimum atomic E-state index is -0.575. The molecule has 1 aliphatic heterocycles. The molecule has 7 heteroatoms. The standard InChI is InChI=1S/C12H11BrCl2N2O2/c1-6-12(19)17(5-4-9(18)16-6)8-3-2-7(13)10(14)11(8)15/h2-3,6H,4-5H2,1H3,(H,16,18). The predicted molar refractivity (Wildman–Crippen MR) is 78.7 cm³/mol. The summed E-state index contributed by atoms with van der Waals surface area (Å²) in [5.74, 6) is -0.353. The molecule has 0 saturated carbocycles. The number of carbonyl (C=O) groups is 2. The smallest absolute Gasteiger partial charge is 0.249 e. The third-order valence-electron chi connectivity index (χ3n) is 2.88. The van der Waals surface area contributed by atoms with Crippen LogP contribution < -0.4 is 10.2 Å². The Bertz CT molecular complexity index is 551. The molecule has 1 fully saturated rings. The van der Waals surface area contributed by atoms with Crippen molar-refractivity contribution in [2.75, 3.05) is 11.4 Å². The van der Waals surface area contributed by atoms with Crippen LogP contribution in [0.3, 0.4) is 0 Å². The van der Waals surface area contributed by atoms with Gasteiger partial charge in [-0.15, -0.1) is 0 Å². The van der Waals surface area contributed by atoms with Gasteiger partial charge in [0.05, 0.1) is 15.7 Å². The van der Waals surface area contributed by atoms with E-state index in [9.17, 15) is 9.59 Å². The Morgan fingerprint density at radius 3 is 2.68 bits per heavy atom. The SMILES string of the molecule is CC1NC(=O)CCN(c2ccc(Br)c(Cl)c2Cl)C1=O. The molecular weight excluding hydrogens is 355 g/mol. The molecule has 1 saturated heterocycles. The fourth-order valence-corrected chi connectivity index (χ4v) is 2.77. The van der Waals surface area contributed by atoms with Crippen molar-refractivity contribution in [1.82, 2.24) is 5.32 Å². The zero-order chi connectivity index (χ0) is 14.2. The van der Waals surface area contributed by atoms with E-state index in [0.29, 0.717) is 20.2 Å². The Morgan fingerprint density at radius 1 is 1.32 bits per heavy atom. The minimum absolute atomic E-state index is 0.150. The van der Waals surface area contributed by atoms with Gasteiger partial charge in [-0.2, -0.15) is 0 Å². The topological polar surface area (TPSA) is 49.4 Å². The summed E-state index contributed by atoms with van der Waals surface area (Å²) in [4.78, 5) is 25.2. The van der Waals surface area contributed by atoms with E-state index in [2.05, 4.69) is 21.2 Å². The average Bonchev–Trinajstić information content (AvgIpc) is 2.48. The quantitative estimate of drug-likeness (QED) is 0.777. The van der Waals surface area contributed by atoms with Crippen LogP contribution in [0.15, 0.2) is 16.6 Å². The summed E-state index contributed by atoms with van der Waals surface area (Å²) in [7, 11) is 0. The second-order valence-corrected chi connectivity index (χ2v) is 5.83. The fraction of sp³-hybridized carbons (Fsp3) is 0.333. The van der Waals surface area contributed by atoms with Gasteiger partial charge in [0.1, 0.15) is 6.04 Å². The number of halogens is 3. The predicted octanol–water partition coefficient (Wildman–Crippen LogP) is 3.00. The van der Waals surface area contributed by atoms with E-state index in [0.717, 1.165) is 0 Å². The van der Waals surface area contributed by atoms with Crippen LogP contribution in [0.4, 0.5) is 5.69 Å². The molecule has 2 amide bonds. The van der Waals surface area contributed by atoms with E-state index in [1.165, 1.54) is 4.90 Å². The van der Waals surface area contributed by atoms with E-state index >= 15 is 0 Å². The van der Waals surface area contributed by atoms with E-state index in [-0.39, 0.29) is 24.8 Å². The molecule has 0 bridgehead atoms. The first-order chi connectivity index (χ1) is 8.91. The largest absolute Gasteiger partial charge is 0.345 e. The molecular formula is C12H11BrCl2N2O2. The first-order valence-corrected chi connectivity index (χ1v) is 7.21. The summed E-state index contributed by atoms with van der Waals surface area (Å²) >= 11 is 15.5. The lowest BCUT2D eigenvalue weighted by atomic mass is 10.2. The Morgan fingerprint density at radius 2 is 2.00 bits per heavy atom. The van der Waals surface area contributed by atoms with Crippen molar-refractivity contribution in [1.29, 1.82) is 0 Å². The van der Waals surface area contributed by atoms with Crippen molar-refractivity contribution >= 4 is 56.6 Å². The van der Waals surface area contributed by atoms with Gasteiger partial charge in [-0.25, -0.2) is 0 Å². The van der Waals surface area contributed by atoms with Gasteiger partial charge in [0, 0.05) is 17.4 Å². The molecule has 1 N–H and O–H groups in total. The highest BCUT2D eigenvalue weighted by Gasteiger charge is 2.29. The highest BCUT2D eigenvalue weighted by Crippen LogP contribution is 2.38. The average molecular weight is 366 g/mol. The summed E-state index contributed by atoms with van der Waals surface area (Å²) in [5.41, 5.74) is 0.517. The molecule has 0 aliphatic carbocycles. The molecule has 1 unspecified atom stereocenters. The van der Waals surface area contributed by atoms with Gasteiger partial charge >= 0.3 is 0 Å². The van der Waals surface area contributed by atoms with Gasteiger partial charge < -0.3 is 10.2 Å². The highest BCUT2D eigenvalue weighted by molar-refractivity contribution is 9.10. The number of nitrogens with one attached hydrogen (secondary N) is 1. The van der Waals surface area contributed by atoms with Crippen molar-refractivity contribution in [2.45, 2.75) is 19.4 Å². The normalized spacial score (nSPS) is 20.2. The number of hydrogen-bond acceptors (Lipinski definition) is 2. The number of nitrogens with zero attached hydrogens (tertiary/aromatic N) is 1. The molecule has 1 heterocycles. The Kier molecular flexibility index (Phi) is 4.38. The summed E-state index contributed by atoms with van der Waals surface area (Å²) in [6, 6.07) is 2.86. The molecule has 2 rings (SSSR count). The van der Waals surface area contributed by atoms with E-state index < -0.39 is 6.04 Å². The second-order valence-electron chi connectivity index (χ2n) is 4.22. The van der Waals surface area contributed by atoms with Crippen LogP contribution in [-0.4, -0.2) is 24.4 Å².